The molecule has 0 saturated heterocycles. The van der Waals surface area contributed by atoms with Crippen LogP contribution in [0.5, 0.6) is 0 Å². The van der Waals surface area contributed by atoms with Gasteiger partial charge in [0.05, 0.1) is 0 Å². The second-order valence-electron chi connectivity index (χ2n) is 3.22. The number of hydrogen-bond donors (Lipinski definition) is 0. The summed E-state index contributed by atoms with van der Waals surface area (Å²) >= 11 is 3.45. The number of halogens is 1. The van der Waals surface area contributed by atoms with E-state index in [-0.39, 0.29) is 5.56 Å². The molecule has 0 aromatic carbocycles. The third kappa shape index (κ3) is 1.04. The fourth-order valence-corrected chi connectivity index (χ4v) is 2.29. The van der Waals surface area contributed by atoms with Gasteiger partial charge in [-0.3, -0.25) is 4.79 Å². The van der Waals surface area contributed by atoms with Crippen LogP contribution in [0.4, 0.5) is 0 Å². The fraction of sp³-hybridized carbons (Fsp3) is 0.444. The second kappa shape index (κ2) is 2.73. The predicted molar refractivity (Wildman–Crippen MR) is 51.4 cm³/mol. The Bertz CT molecular complexity index is 369. The maximum atomic E-state index is 11.4. The molecule has 3 heteroatoms. The van der Waals surface area contributed by atoms with Crippen LogP contribution < -0.4 is 5.56 Å². The van der Waals surface area contributed by atoms with Gasteiger partial charge in [-0.25, -0.2) is 0 Å². The average Bonchev–Trinajstić information content (AvgIpc) is 2.42. The molecule has 2 heterocycles. The van der Waals surface area contributed by atoms with Crippen molar-refractivity contribution in [2.45, 2.75) is 25.8 Å². The summed E-state index contributed by atoms with van der Waals surface area (Å²) in [6.07, 6.45) is 2.09. The standard InChI is InChI=1S/C9H10BrNO/c1-6-2-4-8-7(10)3-5-9(12)11(6)8/h3,5-6H,2,4H2,1H3. The van der Waals surface area contributed by atoms with Gasteiger partial charge in [0.15, 0.2) is 0 Å². The van der Waals surface area contributed by atoms with Crippen LogP contribution in [0.1, 0.15) is 25.1 Å². The van der Waals surface area contributed by atoms with Crippen molar-refractivity contribution in [1.82, 2.24) is 4.57 Å². The molecule has 0 bridgehead atoms. The first-order valence-electron chi connectivity index (χ1n) is 4.10. The van der Waals surface area contributed by atoms with Gasteiger partial charge in [0.2, 0.25) is 0 Å². The largest absolute Gasteiger partial charge is 0.309 e. The van der Waals surface area contributed by atoms with Gasteiger partial charge in [-0.2, -0.15) is 0 Å². The number of pyridine rings is 1. The summed E-state index contributed by atoms with van der Waals surface area (Å²) in [5.41, 5.74) is 1.27. The molecular formula is C9H10BrNO. The van der Waals surface area contributed by atoms with Crippen molar-refractivity contribution in [3.8, 4) is 0 Å². The van der Waals surface area contributed by atoms with Crippen molar-refractivity contribution < 1.29 is 0 Å². The van der Waals surface area contributed by atoms with Gasteiger partial charge in [0.25, 0.3) is 5.56 Å². The Hall–Kier alpha value is -0.570. The molecule has 1 aliphatic rings. The first kappa shape index (κ1) is 8.05. The molecule has 64 valence electrons. The van der Waals surface area contributed by atoms with Crippen molar-refractivity contribution in [1.29, 1.82) is 0 Å². The van der Waals surface area contributed by atoms with Crippen molar-refractivity contribution in [3.63, 3.8) is 0 Å². The second-order valence-corrected chi connectivity index (χ2v) is 4.08. The van der Waals surface area contributed by atoms with E-state index in [0.717, 1.165) is 23.0 Å². The number of aromatic nitrogens is 1. The van der Waals surface area contributed by atoms with Crippen LogP contribution in [-0.2, 0) is 6.42 Å². The van der Waals surface area contributed by atoms with E-state index < -0.39 is 0 Å². The van der Waals surface area contributed by atoms with Gasteiger partial charge in [-0.15, -0.1) is 0 Å². The summed E-state index contributed by atoms with van der Waals surface area (Å²) in [7, 11) is 0. The van der Waals surface area contributed by atoms with E-state index >= 15 is 0 Å². The molecule has 0 saturated carbocycles. The van der Waals surface area contributed by atoms with E-state index in [1.807, 2.05) is 10.6 Å². The summed E-state index contributed by atoms with van der Waals surface area (Å²) in [5.74, 6) is 0. The molecule has 1 atom stereocenters. The van der Waals surface area contributed by atoms with Gasteiger partial charge in [-0.05, 0) is 41.8 Å². The lowest BCUT2D eigenvalue weighted by Crippen LogP contribution is -2.20. The van der Waals surface area contributed by atoms with Crippen LogP contribution in [0.3, 0.4) is 0 Å². The molecule has 0 aliphatic carbocycles. The van der Waals surface area contributed by atoms with Crippen LogP contribution in [0.2, 0.25) is 0 Å². The summed E-state index contributed by atoms with van der Waals surface area (Å²) in [5, 5.41) is 0. The molecule has 1 aromatic heterocycles. The zero-order chi connectivity index (χ0) is 8.72. The van der Waals surface area contributed by atoms with Gasteiger partial charge in [0, 0.05) is 22.3 Å². The van der Waals surface area contributed by atoms with Gasteiger partial charge >= 0.3 is 0 Å². The van der Waals surface area contributed by atoms with Crippen LogP contribution in [0.15, 0.2) is 21.4 Å². The van der Waals surface area contributed by atoms with Crippen molar-refractivity contribution >= 4 is 15.9 Å². The molecule has 12 heavy (non-hydrogen) atoms. The highest BCUT2D eigenvalue weighted by atomic mass is 79.9. The monoisotopic (exact) mass is 227 g/mol. The molecule has 0 spiro atoms. The lowest BCUT2D eigenvalue weighted by molar-refractivity contribution is 0.563. The van der Waals surface area contributed by atoms with E-state index in [0.29, 0.717) is 6.04 Å². The lowest BCUT2D eigenvalue weighted by Gasteiger charge is -2.08. The summed E-state index contributed by atoms with van der Waals surface area (Å²) < 4.78 is 2.94. The number of nitrogens with zero attached hydrogens (tertiary/aromatic N) is 1. The Morgan fingerprint density at radius 1 is 1.58 bits per heavy atom. The zero-order valence-corrected chi connectivity index (χ0v) is 8.47. The minimum Gasteiger partial charge on any atom is -0.309 e. The molecule has 2 rings (SSSR count). The molecule has 1 unspecified atom stereocenters. The Labute approximate surface area is 79.3 Å². The highest BCUT2D eigenvalue weighted by Crippen LogP contribution is 2.27. The zero-order valence-electron chi connectivity index (χ0n) is 6.88. The maximum Gasteiger partial charge on any atom is 0.251 e. The summed E-state index contributed by atoms with van der Waals surface area (Å²) in [6, 6.07) is 3.83. The van der Waals surface area contributed by atoms with Gasteiger partial charge in [-0.1, -0.05) is 0 Å². The van der Waals surface area contributed by atoms with Gasteiger partial charge < -0.3 is 4.57 Å². The van der Waals surface area contributed by atoms with Crippen molar-refractivity contribution in [2.75, 3.05) is 0 Å². The van der Waals surface area contributed by atoms with Crippen LogP contribution >= 0.6 is 15.9 Å². The van der Waals surface area contributed by atoms with Crippen molar-refractivity contribution in [2.24, 2.45) is 0 Å². The molecule has 0 N–H and O–H groups in total. The SMILES string of the molecule is CC1CCc2c(Br)ccc(=O)n21. The Morgan fingerprint density at radius 3 is 3.00 bits per heavy atom. The van der Waals surface area contributed by atoms with Crippen molar-refractivity contribution in [3.05, 3.63) is 32.7 Å². The van der Waals surface area contributed by atoms with Gasteiger partial charge in [0.1, 0.15) is 0 Å². The van der Waals surface area contributed by atoms with E-state index in [2.05, 4.69) is 22.9 Å². The predicted octanol–water partition coefficient (Wildman–Crippen LogP) is 2.12. The smallest absolute Gasteiger partial charge is 0.251 e. The average molecular weight is 228 g/mol. The summed E-state index contributed by atoms with van der Waals surface area (Å²) in [4.78, 5) is 11.4. The minimum atomic E-state index is 0.123. The third-order valence-corrected chi connectivity index (χ3v) is 3.14. The number of fused-ring (bicyclic) bond motifs is 1. The van der Waals surface area contributed by atoms with E-state index in [1.54, 1.807) is 6.07 Å². The van der Waals surface area contributed by atoms with Crippen LogP contribution in [0.25, 0.3) is 0 Å². The molecule has 0 amide bonds. The molecule has 0 radical (unpaired) electrons. The Balaban J connectivity index is 2.73. The molecule has 2 nitrogen and oxygen atoms in total. The normalized spacial score (nSPS) is 21.0. The number of rotatable bonds is 0. The van der Waals surface area contributed by atoms with E-state index in [1.165, 1.54) is 0 Å². The minimum absolute atomic E-state index is 0.123. The molecule has 1 aromatic rings. The van der Waals surface area contributed by atoms with E-state index in [9.17, 15) is 4.79 Å². The highest BCUT2D eigenvalue weighted by molar-refractivity contribution is 9.10. The first-order chi connectivity index (χ1) is 5.70. The Morgan fingerprint density at radius 2 is 2.33 bits per heavy atom. The first-order valence-corrected chi connectivity index (χ1v) is 4.89. The third-order valence-electron chi connectivity index (χ3n) is 2.42. The van der Waals surface area contributed by atoms with Crippen LogP contribution in [-0.4, -0.2) is 4.57 Å². The highest BCUT2D eigenvalue weighted by Gasteiger charge is 2.20. The number of hydrogen-bond acceptors (Lipinski definition) is 1. The topological polar surface area (TPSA) is 22.0 Å². The van der Waals surface area contributed by atoms with E-state index in [4.69, 9.17) is 0 Å². The molecular weight excluding hydrogens is 218 g/mol. The molecule has 0 fully saturated rings. The lowest BCUT2D eigenvalue weighted by atomic mass is 10.2. The Kier molecular flexibility index (Phi) is 1.83. The van der Waals surface area contributed by atoms with Crippen LogP contribution in [0, 0.1) is 0 Å². The quantitative estimate of drug-likeness (QED) is 0.666. The summed E-state index contributed by atoms with van der Waals surface area (Å²) in [6.45, 7) is 2.09. The maximum absolute atomic E-state index is 11.4. The fourth-order valence-electron chi connectivity index (χ4n) is 1.77. The molecule has 1 aliphatic heterocycles.